The van der Waals surface area contributed by atoms with E-state index in [4.69, 9.17) is 5.11 Å². The number of carboxylic acids is 1. The van der Waals surface area contributed by atoms with Gasteiger partial charge in [-0.15, -0.1) is 0 Å². The molecule has 1 aromatic rings. The van der Waals surface area contributed by atoms with Gasteiger partial charge in [-0.2, -0.15) is 8.42 Å². The molecule has 9 heteroatoms. The highest BCUT2D eigenvalue weighted by Gasteiger charge is 2.20. The van der Waals surface area contributed by atoms with Gasteiger partial charge in [-0.25, -0.2) is 14.3 Å². The van der Waals surface area contributed by atoms with Gasteiger partial charge in [0.1, 0.15) is 0 Å². The molecule has 0 heterocycles. The molecule has 0 aliphatic heterocycles. The van der Waals surface area contributed by atoms with Crippen LogP contribution in [-0.2, 0) is 14.9 Å². The summed E-state index contributed by atoms with van der Waals surface area (Å²) in [5.74, 6) is -1.29. The molecule has 0 saturated carbocycles. The van der Waals surface area contributed by atoms with Gasteiger partial charge in [0, 0.05) is 0 Å². The van der Waals surface area contributed by atoms with Crippen LogP contribution in [0.1, 0.15) is 29.8 Å². The fourth-order valence-electron chi connectivity index (χ4n) is 1.49. The highest BCUT2D eigenvalue weighted by atomic mass is 32.2. The third-order valence-electron chi connectivity index (χ3n) is 2.30. The molecule has 0 saturated heterocycles. The summed E-state index contributed by atoms with van der Waals surface area (Å²) in [5.41, 5.74) is 0.0601. The molecule has 8 nitrogen and oxygen atoms in total. The lowest BCUT2D eigenvalue weighted by atomic mass is 10.1. The number of aryl methyl sites for hydroxylation is 1. The second-order valence-electron chi connectivity index (χ2n) is 4.46. The first-order valence-corrected chi connectivity index (χ1v) is 7.45. The lowest BCUT2D eigenvalue weighted by Gasteiger charge is -2.14. The second-order valence-corrected chi connectivity index (χ2v) is 5.88. The van der Waals surface area contributed by atoms with E-state index in [2.05, 4.69) is 4.74 Å². The van der Waals surface area contributed by atoms with Gasteiger partial charge in [0.25, 0.3) is 0 Å². The molecule has 21 heavy (non-hydrogen) atoms. The van der Waals surface area contributed by atoms with Crippen LogP contribution in [0.5, 0.6) is 0 Å². The maximum atomic E-state index is 11.8. The predicted molar refractivity (Wildman–Crippen MR) is 75.4 cm³/mol. The van der Waals surface area contributed by atoms with Crippen LogP contribution in [0.2, 0.25) is 0 Å². The Morgan fingerprint density at radius 3 is 2.43 bits per heavy atom. The fourth-order valence-corrected chi connectivity index (χ4v) is 2.35. The number of carbonyl (C=O) groups is 2. The number of aromatic carboxylic acids is 1. The predicted octanol–water partition coefficient (Wildman–Crippen LogP) is 1.48. The van der Waals surface area contributed by atoms with E-state index in [9.17, 15) is 18.0 Å². The van der Waals surface area contributed by atoms with E-state index in [1.165, 1.54) is 25.1 Å². The van der Waals surface area contributed by atoms with Crippen LogP contribution in [0.4, 0.5) is 10.5 Å². The highest BCUT2D eigenvalue weighted by Crippen LogP contribution is 2.21. The number of ether oxygens (including phenoxy) is 1. The lowest BCUT2D eigenvalue weighted by molar-refractivity contribution is 0.0698. The van der Waals surface area contributed by atoms with E-state index in [1.807, 2.05) is 4.72 Å². The summed E-state index contributed by atoms with van der Waals surface area (Å²) in [4.78, 5) is 22.4. The van der Waals surface area contributed by atoms with Crippen molar-refractivity contribution >= 4 is 28.0 Å². The smallest absolute Gasteiger partial charge is 0.422 e. The van der Waals surface area contributed by atoms with Gasteiger partial charge in [-0.3, -0.25) is 4.72 Å². The number of hydrogen-bond acceptors (Lipinski definition) is 5. The van der Waals surface area contributed by atoms with Crippen LogP contribution < -0.4 is 9.44 Å². The Hall–Kier alpha value is -2.29. The maximum Gasteiger partial charge on any atom is 0.422 e. The molecule has 1 rings (SSSR count). The Kier molecular flexibility index (Phi) is 5.14. The van der Waals surface area contributed by atoms with E-state index in [1.54, 1.807) is 18.6 Å². The molecule has 1 aromatic carbocycles. The molecule has 116 valence electrons. The molecule has 0 aliphatic carbocycles. The minimum Gasteiger partial charge on any atom is -0.478 e. The molecule has 3 N–H and O–H groups in total. The molecule has 0 radical (unpaired) electrons. The number of carboxylic acid groups (broad SMARTS) is 1. The van der Waals surface area contributed by atoms with Crippen LogP contribution in [0, 0.1) is 6.92 Å². The van der Waals surface area contributed by atoms with Crippen molar-refractivity contribution in [2.75, 3.05) is 4.72 Å². The van der Waals surface area contributed by atoms with Crippen molar-refractivity contribution in [3.63, 3.8) is 0 Å². The highest BCUT2D eigenvalue weighted by molar-refractivity contribution is 7.91. The lowest BCUT2D eigenvalue weighted by Crippen LogP contribution is -2.37. The van der Waals surface area contributed by atoms with Crippen molar-refractivity contribution < 1.29 is 27.9 Å². The summed E-state index contributed by atoms with van der Waals surface area (Å²) in [6, 6.07) is 4.27. The first kappa shape index (κ1) is 16.8. The van der Waals surface area contributed by atoms with Gasteiger partial charge in [0.2, 0.25) is 0 Å². The Labute approximate surface area is 122 Å². The van der Waals surface area contributed by atoms with E-state index < -0.39 is 28.4 Å². The van der Waals surface area contributed by atoms with Gasteiger partial charge in [-0.05, 0) is 32.4 Å². The number of hydrogen-bond donors (Lipinski definition) is 3. The average Bonchev–Trinajstić information content (AvgIpc) is 2.28. The van der Waals surface area contributed by atoms with Crippen molar-refractivity contribution in [2.45, 2.75) is 26.9 Å². The summed E-state index contributed by atoms with van der Waals surface area (Å²) in [6.07, 6.45) is -1.64. The molecule has 0 unspecified atom stereocenters. The largest absolute Gasteiger partial charge is 0.478 e. The third kappa shape index (κ3) is 4.95. The van der Waals surface area contributed by atoms with Crippen molar-refractivity contribution in [3.8, 4) is 0 Å². The van der Waals surface area contributed by atoms with Gasteiger partial charge in [0.05, 0.1) is 17.4 Å². The molecule has 0 aromatic heterocycles. The summed E-state index contributed by atoms with van der Waals surface area (Å²) >= 11 is 0. The van der Waals surface area contributed by atoms with Crippen LogP contribution in [0.15, 0.2) is 18.2 Å². The van der Waals surface area contributed by atoms with Crippen molar-refractivity contribution in [1.29, 1.82) is 0 Å². The van der Waals surface area contributed by atoms with Crippen molar-refractivity contribution in [2.24, 2.45) is 0 Å². The Morgan fingerprint density at radius 1 is 1.29 bits per heavy atom. The number of anilines is 1. The number of amides is 1. The van der Waals surface area contributed by atoms with Gasteiger partial charge in [0.15, 0.2) is 0 Å². The molecular formula is C12H16N2O6S. The molecule has 0 aliphatic rings. The van der Waals surface area contributed by atoms with E-state index in [-0.39, 0.29) is 11.3 Å². The SMILES string of the molecule is Cc1cccc(C(=O)O)c1NS(=O)(=O)NC(=O)OC(C)C. The van der Waals surface area contributed by atoms with Gasteiger partial charge >= 0.3 is 22.3 Å². The number of carbonyl (C=O) groups excluding carboxylic acids is 1. The summed E-state index contributed by atoms with van der Waals surface area (Å²) in [5, 5.41) is 9.04. The van der Waals surface area contributed by atoms with Gasteiger partial charge in [-0.1, -0.05) is 12.1 Å². The molecule has 0 fully saturated rings. The summed E-state index contributed by atoms with van der Waals surface area (Å²) in [6.45, 7) is 4.66. The zero-order valence-corrected chi connectivity index (χ0v) is 12.5. The first-order valence-electron chi connectivity index (χ1n) is 5.96. The Bertz CT molecular complexity index is 654. The minimum atomic E-state index is -4.30. The minimum absolute atomic E-state index is 0.116. The monoisotopic (exact) mass is 316 g/mol. The van der Waals surface area contributed by atoms with Crippen molar-refractivity contribution in [1.82, 2.24) is 4.72 Å². The molecule has 1 amide bonds. The van der Waals surface area contributed by atoms with Crippen LogP contribution in [0.3, 0.4) is 0 Å². The first-order chi connectivity index (χ1) is 9.62. The summed E-state index contributed by atoms with van der Waals surface area (Å²) in [7, 11) is -4.30. The zero-order chi connectivity index (χ0) is 16.2. The quantitative estimate of drug-likeness (QED) is 0.756. The van der Waals surface area contributed by atoms with Crippen molar-refractivity contribution in [3.05, 3.63) is 29.3 Å². The average molecular weight is 316 g/mol. The van der Waals surface area contributed by atoms with Crippen LogP contribution >= 0.6 is 0 Å². The molecular weight excluding hydrogens is 300 g/mol. The number of benzene rings is 1. The van der Waals surface area contributed by atoms with Gasteiger partial charge < -0.3 is 9.84 Å². The van der Waals surface area contributed by atoms with E-state index in [0.717, 1.165) is 0 Å². The fraction of sp³-hybridized carbons (Fsp3) is 0.333. The molecule has 0 atom stereocenters. The number of rotatable bonds is 5. The van der Waals surface area contributed by atoms with Crippen LogP contribution in [-0.4, -0.2) is 31.7 Å². The summed E-state index contributed by atoms with van der Waals surface area (Å²) < 4.78 is 31.9. The normalized spacial score (nSPS) is 11.0. The third-order valence-corrected chi connectivity index (χ3v) is 3.21. The molecule has 0 spiro atoms. The van der Waals surface area contributed by atoms with Crippen LogP contribution in [0.25, 0.3) is 0 Å². The standard InChI is InChI=1S/C12H16N2O6S/c1-7(2)20-12(17)14-21(18,19)13-10-8(3)5-4-6-9(10)11(15)16/h4-7,13H,1-3H3,(H,14,17)(H,15,16). The topological polar surface area (TPSA) is 122 Å². The number of para-hydroxylation sites is 1. The number of nitrogens with one attached hydrogen (secondary N) is 2. The molecule has 0 bridgehead atoms. The zero-order valence-electron chi connectivity index (χ0n) is 11.7. The van der Waals surface area contributed by atoms with E-state index in [0.29, 0.717) is 5.56 Å². The van der Waals surface area contributed by atoms with E-state index >= 15 is 0 Å². The second kappa shape index (κ2) is 6.44. The maximum absolute atomic E-state index is 11.8. The Balaban J connectivity index is 3.00. The Morgan fingerprint density at radius 2 is 1.90 bits per heavy atom.